The Morgan fingerprint density at radius 3 is 2.45 bits per heavy atom. The molecule has 1 aromatic rings. The van der Waals surface area contributed by atoms with Crippen molar-refractivity contribution in [2.24, 2.45) is 0 Å². The Bertz CT molecular complexity index is 662. The average molecular weight is 344 g/mol. The van der Waals surface area contributed by atoms with E-state index in [9.17, 15) is 18.3 Å². The monoisotopic (exact) mass is 344 g/mol. The van der Waals surface area contributed by atoms with Gasteiger partial charge in [0.25, 0.3) is 0 Å². The normalized spacial score (nSPS) is 23.0. The number of benzene rings is 1. The van der Waals surface area contributed by atoms with Gasteiger partial charge in [0, 0.05) is 5.69 Å². The van der Waals surface area contributed by atoms with Crippen LogP contribution in [0.25, 0.3) is 0 Å². The van der Waals surface area contributed by atoms with Crippen molar-refractivity contribution in [2.45, 2.75) is 12.1 Å². The number of carboxylic acid groups (broad SMARTS) is 1. The molecule has 0 amide bonds. The summed E-state index contributed by atoms with van der Waals surface area (Å²) in [5.41, 5.74) is 0.651. The first-order chi connectivity index (χ1) is 10.3. The smallest absolute Gasteiger partial charge is 0.323 e. The van der Waals surface area contributed by atoms with Gasteiger partial charge < -0.3 is 20.4 Å². The highest BCUT2D eigenvalue weighted by molar-refractivity contribution is 7.91. The summed E-state index contributed by atoms with van der Waals surface area (Å²) in [6.45, 7) is -0.490. The molecule has 22 heavy (non-hydrogen) atoms. The van der Waals surface area contributed by atoms with Crippen molar-refractivity contribution in [3.63, 3.8) is 0 Å². The van der Waals surface area contributed by atoms with Crippen molar-refractivity contribution in [1.29, 1.82) is 0 Å². The Morgan fingerprint density at radius 1 is 1.32 bits per heavy atom. The Morgan fingerprint density at radius 2 is 1.95 bits per heavy atom. The number of thiocarbonyl (C=S) groups is 1. The minimum absolute atomic E-state index is 0.0646. The third-order valence-electron chi connectivity index (χ3n) is 3.29. The van der Waals surface area contributed by atoms with Crippen LogP contribution in [0.1, 0.15) is 0 Å². The van der Waals surface area contributed by atoms with E-state index in [0.29, 0.717) is 5.69 Å². The van der Waals surface area contributed by atoms with Crippen LogP contribution in [0.3, 0.4) is 0 Å². The van der Waals surface area contributed by atoms with Crippen molar-refractivity contribution in [1.82, 2.24) is 4.90 Å². The van der Waals surface area contributed by atoms with Gasteiger partial charge in [-0.3, -0.25) is 4.79 Å². The SMILES string of the molecule is O=C(O)CN(C(=S)Nc1ccccc1)[C@@H]1CS(=O)(=O)C[C@@H]1O. The zero-order chi connectivity index (χ0) is 16.3. The van der Waals surface area contributed by atoms with E-state index < -0.39 is 34.5 Å². The van der Waals surface area contributed by atoms with Gasteiger partial charge in [-0.05, 0) is 24.4 Å². The van der Waals surface area contributed by atoms with E-state index in [4.69, 9.17) is 17.3 Å². The topological polar surface area (TPSA) is 107 Å². The zero-order valence-electron chi connectivity index (χ0n) is 11.5. The molecule has 1 heterocycles. The summed E-state index contributed by atoms with van der Waals surface area (Å²) in [5.74, 6) is -1.87. The van der Waals surface area contributed by atoms with E-state index in [0.717, 1.165) is 0 Å². The van der Waals surface area contributed by atoms with Crippen molar-refractivity contribution < 1.29 is 23.4 Å². The first-order valence-electron chi connectivity index (χ1n) is 6.51. The predicted octanol–water partition coefficient (Wildman–Crippen LogP) is -0.0721. The van der Waals surface area contributed by atoms with Gasteiger partial charge in [-0.2, -0.15) is 0 Å². The number of para-hydroxylation sites is 1. The van der Waals surface area contributed by atoms with E-state index in [1.807, 2.05) is 6.07 Å². The molecule has 3 N–H and O–H groups in total. The molecule has 1 aliphatic heterocycles. The maximum absolute atomic E-state index is 11.6. The molecule has 0 radical (unpaired) electrons. The number of aliphatic carboxylic acids is 1. The van der Waals surface area contributed by atoms with Crippen LogP contribution in [0.4, 0.5) is 5.69 Å². The van der Waals surface area contributed by atoms with E-state index in [-0.39, 0.29) is 16.6 Å². The van der Waals surface area contributed by atoms with Crippen LogP contribution in [0.15, 0.2) is 30.3 Å². The number of hydrogen-bond acceptors (Lipinski definition) is 5. The van der Waals surface area contributed by atoms with E-state index in [2.05, 4.69) is 5.32 Å². The molecule has 0 bridgehead atoms. The van der Waals surface area contributed by atoms with E-state index >= 15 is 0 Å². The van der Waals surface area contributed by atoms with Crippen LogP contribution in [0, 0.1) is 0 Å². The number of nitrogens with zero attached hydrogens (tertiary/aromatic N) is 1. The van der Waals surface area contributed by atoms with Crippen LogP contribution in [0.5, 0.6) is 0 Å². The van der Waals surface area contributed by atoms with Crippen LogP contribution in [-0.4, -0.2) is 64.8 Å². The van der Waals surface area contributed by atoms with Gasteiger partial charge in [-0.15, -0.1) is 0 Å². The van der Waals surface area contributed by atoms with Crippen LogP contribution < -0.4 is 5.32 Å². The lowest BCUT2D eigenvalue weighted by Gasteiger charge is -2.31. The summed E-state index contributed by atoms with van der Waals surface area (Å²) < 4.78 is 23.2. The molecule has 1 aromatic carbocycles. The fraction of sp³-hybridized carbons (Fsp3) is 0.385. The molecule has 0 aliphatic carbocycles. The molecule has 0 saturated carbocycles. The number of nitrogens with one attached hydrogen (secondary N) is 1. The molecule has 0 spiro atoms. The maximum atomic E-state index is 11.6. The summed E-state index contributed by atoms with van der Waals surface area (Å²) in [6, 6.07) is 7.99. The third-order valence-corrected chi connectivity index (χ3v) is 5.32. The minimum atomic E-state index is -3.40. The average Bonchev–Trinajstić information content (AvgIpc) is 2.70. The van der Waals surface area contributed by atoms with Gasteiger partial charge in [0.2, 0.25) is 0 Å². The highest BCUT2D eigenvalue weighted by Gasteiger charge is 2.41. The standard InChI is InChI=1S/C13H16N2O5S2/c16-11-8-22(19,20)7-10(11)15(6-12(17)18)13(21)14-9-4-2-1-3-5-9/h1-5,10-11,16H,6-8H2,(H,14,21)(H,17,18)/t10-,11+/m1/s1. The van der Waals surface area contributed by atoms with E-state index in [1.54, 1.807) is 24.3 Å². The van der Waals surface area contributed by atoms with Gasteiger partial charge in [0.05, 0.1) is 23.7 Å². The molecule has 2 rings (SSSR count). The lowest BCUT2D eigenvalue weighted by molar-refractivity contribution is -0.137. The van der Waals surface area contributed by atoms with Gasteiger partial charge in [0.1, 0.15) is 6.54 Å². The fourth-order valence-corrected chi connectivity index (χ4v) is 4.43. The van der Waals surface area contributed by atoms with Crippen molar-refractivity contribution in [3.05, 3.63) is 30.3 Å². The minimum Gasteiger partial charge on any atom is -0.480 e. The molecular weight excluding hydrogens is 328 g/mol. The van der Waals surface area contributed by atoms with Crippen molar-refractivity contribution >= 4 is 38.8 Å². The quantitative estimate of drug-likeness (QED) is 0.652. The Balaban J connectivity index is 2.19. The summed E-state index contributed by atoms with van der Waals surface area (Å²) in [7, 11) is -3.40. The lowest BCUT2D eigenvalue weighted by atomic mass is 10.2. The summed E-state index contributed by atoms with van der Waals surface area (Å²) in [5, 5.41) is 21.9. The van der Waals surface area contributed by atoms with Crippen molar-refractivity contribution in [3.8, 4) is 0 Å². The molecule has 7 nitrogen and oxygen atoms in total. The summed E-state index contributed by atoms with van der Waals surface area (Å²) in [4.78, 5) is 12.2. The number of sulfone groups is 1. The van der Waals surface area contributed by atoms with Crippen LogP contribution in [0.2, 0.25) is 0 Å². The molecule has 1 saturated heterocycles. The number of hydrogen-bond donors (Lipinski definition) is 3. The number of anilines is 1. The molecule has 0 aromatic heterocycles. The molecule has 9 heteroatoms. The van der Waals surface area contributed by atoms with Gasteiger partial charge in [-0.1, -0.05) is 18.2 Å². The Kier molecular flexibility index (Phi) is 4.99. The second-order valence-corrected chi connectivity index (χ2v) is 7.57. The van der Waals surface area contributed by atoms with E-state index in [1.165, 1.54) is 4.90 Å². The summed E-state index contributed by atoms with van der Waals surface area (Å²) in [6.07, 6.45) is -1.17. The maximum Gasteiger partial charge on any atom is 0.323 e. The Hall–Kier alpha value is -1.71. The largest absolute Gasteiger partial charge is 0.480 e. The predicted molar refractivity (Wildman–Crippen MR) is 85.5 cm³/mol. The molecule has 1 fully saturated rings. The van der Waals surface area contributed by atoms with Crippen molar-refractivity contribution in [2.75, 3.05) is 23.4 Å². The Labute approximate surface area is 133 Å². The summed E-state index contributed by atoms with van der Waals surface area (Å²) >= 11 is 5.19. The lowest BCUT2D eigenvalue weighted by Crippen LogP contribution is -2.50. The van der Waals surface area contributed by atoms with Gasteiger partial charge in [0.15, 0.2) is 14.9 Å². The van der Waals surface area contributed by atoms with Crippen LogP contribution in [-0.2, 0) is 14.6 Å². The number of rotatable bonds is 4. The fourth-order valence-electron chi connectivity index (χ4n) is 2.31. The molecule has 1 aliphatic rings. The third kappa shape index (κ3) is 4.15. The number of carboxylic acids is 1. The van der Waals surface area contributed by atoms with Gasteiger partial charge >= 0.3 is 5.97 Å². The molecule has 120 valence electrons. The second kappa shape index (κ2) is 6.59. The molecular formula is C13H16N2O5S2. The van der Waals surface area contributed by atoms with Crippen LogP contribution >= 0.6 is 12.2 Å². The first-order valence-corrected chi connectivity index (χ1v) is 8.74. The number of aliphatic hydroxyl groups is 1. The zero-order valence-corrected chi connectivity index (χ0v) is 13.2. The second-order valence-electron chi connectivity index (χ2n) is 5.03. The number of carbonyl (C=O) groups is 1. The number of aliphatic hydroxyl groups excluding tert-OH is 1. The van der Waals surface area contributed by atoms with Gasteiger partial charge in [-0.25, -0.2) is 8.42 Å². The molecule has 2 atom stereocenters. The molecule has 0 unspecified atom stereocenters. The highest BCUT2D eigenvalue weighted by Crippen LogP contribution is 2.20. The highest BCUT2D eigenvalue weighted by atomic mass is 32.2. The first kappa shape index (κ1) is 16.7.